The third-order valence-electron chi connectivity index (χ3n) is 4.02. The molecule has 0 fully saturated rings. The van der Waals surface area contributed by atoms with Crippen LogP contribution in [0.25, 0.3) is 10.4 Å². The Morgan fingerprint density at radius 1 is 1.19 bits per heavy atom. The summed E-state index contributed by atoms with van der Waals surface area (Å²) >= 11 is 1.18. The third-order valence-corrected chi connectivity index (χ3v) is 7.04. The zero-order valence-electron chi connectivity index (χ0n) is 14.9. The molecule has 0 amide bonds. The minimum absolute atomic E-state index is 0. The van der Waals surface area contributed by atoms with Gasteiger partial charge >= 0.3 is 0 Å². The Hall–Kier alpha value is -2.00. The lowest BCUT2D eigenvalue weighted by Gasteiger charge is -2.06. The number of hydrogen-bond acceptors (Lipinski definition) is 5. The summed E-state index contributed by atoms with van der Waals surface area (Å²) in [5.41, 5.74) is 2.99. The molecule has 9 heteroatoms. The van der Waals surface area contributed by atoms with E-state index in [4.69, 9.17) is 0 Å². The molecule has 0 radical (unpaired) electrons. The van der Waals surface area contributed by atoms with E-state index >= 15 is 0 Å². The van der Waals surface area contributed by atoms with Crippen LogP contribution in [0.4, 0.5) is 0 Å². The first-order valence-corrected chi connectivity index (χ1v) is 10.4. The minimum Gasteiger partial charge on any atom is -0.326 e. The lowest BCUT2D eigenvalue weighted by atomic mass is 10.1. The maximum absolute atomic E-state index is 12.5. The maximum atomic E-state index is 12.5. The molecule has 0 aliphatic carbocycles. The van der Waals surface area contributed by atoms with Crippen molar-refractivity contribution in [2.24, 2.45) is 0 Å². The first-order chi connectivity index (χ1) is 12.4. The SMILES string of the molecule is CCc1cc(-c2ccc(S(=O)(=O)NCc3ccncc3)s2)c(C)[nH]c1=O.Cl. The van der Waals surface area contributed by atoms with Crippen LogP contribution in [0.5, 0.6) is 0 Å². The van der Waals surface area contributed by atoms with Gasteiger partial charge in [0.15, 0.2) is 0 Å². The highest BCUT2D eigenvalue weighted by Crippen LogP contribution is 2.32. The van der Waals surface area contributed by atoms with Gasteiger partial charge in [0.1, 0.15) is 4.21 Å². The predicted octanol–water partition coefficient (Wildman–Crippen LogP) is 3.27. The van der Waals surface area contributed by atoms with E-state index in [2.05, 4.69) is 14.7 Å². The number of aromatic amines is 1. The molecule has 0 aliphatic rings. The molecule has 6 nitrogen and oxygen atoms in total. The molecule has 0 spiro atoms. The molecule has 3 aromatic heterocycles. The highest BCUT2D eigenvalue weighted by molar-refractivity contribution is 7.91. The summed E-state index contributed by atoms with van der Waals surface area (Å²) in [7, 11) is -3.61. The van der Waals surface area contributed by atoms with Crippen molar-refractivity contribution in [2.45, 2.75) is 31.0 Å². The standard InChI is InChI=1S/C18H19N3O3S2.ClH/c1-3-14-10-15(12(2)21-18(14)22)16-4-5-17(25-16)26(23,24)20-11-13-6-8-19-9-7-13;/h4-10,20H,3,11H2,1-2H3,(H,21,22);1H. The molecule has 0 unspecified atom stereocenters. The predicted molar refractivity (Wildman–Crippen MR) is 110 cm³/mol. The van der Waals surface area contributed by atoms with Crippen molar-refractivity contribution in [3.05, 3.63) is 69.9 Å². The third kappa shape index (κ3) is 4.84. The summed E-state index contributed by atoms with van der Waals surface area (Å²) in [6.07, 6.45) is 3.86. The number of nitrogens with zero attached hydrogens (tertiary/aromatic N) is 1. The molecule has 0 aromatic carbocycles. The van der Waals surface area contributed by atoms with Crippen molar-refractivity contribution < 1.29 is 8.42 Å². The van der Waals surface area contributed by atoms with Crippen LogP contribution in [0.15, 0.2) is 51.7 Å². The molecule has 3 rings (SSSR count). The van der Waals surface area contributed by atoms with Gasteiger partial charge in [-0.2, -0.15) is 0 Å². The van der Waals surface area contributed by atoms with Crippen molar-refractivity contribution in [1.82, 2.24) is 14.7 Å². The number of hydrogen-bond donors (Lipinski definition) is 2. The lowest BCUT2D eigenvalue weighted by molar-refractivity contribution is 0.583. The lowest BCUT2D eigenvalue weighted by Crippen LogP contribution is -2.22. The summed E-state index contributed by atoms with van der Waals surface area (Å²) in [6.45, 7) is 3.93. The van der Waals surface area contributed by atoms with E-state index in [1.165, 1.54) is 11.3 Å². The average Bonchev–Trinajstić information content (AvgIpc) is 3.12. The number of sulfonamides is 1. The molecule has 0 saturated heterocycles. The summed E-state index contributed by atoms with van der Waals surface area (Å²) in [6, 6.07) is 8.72. The number of aromatic nitrogens is 2. The van der Waals surface area contributed by atoms with Crippen molar-refractivity contribution in [3.8, 4) is 10.4 Å². The molecule has 27 heavy (non-hydrogen) atoms. The number of nitrogens with one attached hydrogen (secondary N) is 2. The van der Waals surface area contributed by atoms with E-state index < -0.39 is 10.0 Å². The number of halogens is 1. The molecule has 144 valence electrons. The molecular formula is C18H20ClN3O3S2. The van der Waals surface area contributed by atoms with E-state index in [-0.39, 0.29) is 28.7 Å². The fraction of sp³-hybridized carbons (Fsp3) is 0.222. The zero-order valence-corrected chi connectivity index (χ0v) is 17.3. The van der Waals surface area contributed by atoms with Crippen molar-refractivity contribution >= 4 is 33.8 Å². The fourth-order valence-electron chi connectivity index (χ4n) is 2.54. The van der Waals surface area contributed by atoms with Gasteiger partial charge in [-0.1, -0.05) is 6.92 Å². The number of H-pyrrole nitrogens is 1. The summed E-state index contributed by atoms with van der Waals surface area (Å²) in [5.74, 6) is 0. The second-order valence-corrected chi connectivity index (χ2v) is 8.89. The summed E-state index contributed by atoms with van der Waals surface area (Å²) in [5, 5.41) is 0. The van der Waals surface area contributed by atoms with Gasteiger partial charge in [0.25, 0.3) is 5.56 Å². The van der Waals surface area contributed by atoms with E-state index in [0.717, 1.165) is 21.7 Å². The quantitative estimate of drug-likeness (QED) is 0.634. The highest BCUT2D eigenvalue weighted by Gasteiger charge is 2.18. The second-order valence-electron chi connectivity index (χ2n) is 5.81. The Balaban J connectivity index is 0.00000261. The Morgan fingerprint density at radius 2 is 1.89 bits per heavy atom. The summed E-state index contributed by atoms with van der Waals surface area (Å²) in [4.78, 5) is 19.4. The van der Waals surface area contributed by atoms with Gasteiger partial charge in [0.2, 0.25) is 10.0 Å². The van der Waals surface area contributed by atoms with Gasteiger partial charge in [-0.05, 0) is 49.2 Å². The number of pyridine rings is 2. The Bertz CT molecular complexity index is 1080. The van der Waals surface area contributed by atoms with Crippen LogP contribution in [0.1, 0.15) is 23.7 Å². The Morgan fingerprint density at radius 3 is 2.56 bits per heavy atom. The van der Waals surface area contributed by atoms with Crippen LogP contribution in [0, 0.1) is 6.92 Å². The van der Waals surface area contributed by atoms with Gasteiger partial charge in [-0.3, -0.25) is 9.78 Å². The zero-order chi connectivity index (χ0) is 18.7. The van der Waals surface area contributed by atoms with Gasteiger partial charge < -0.3 is 4.98 Å². The van der Waals surface area contributed by atoms with E-state index in [0.29, 0.717) is 12.0 Å². The van der Waals surface area contributed by atoms with Gasteiger partial charge in [-0.15, -0.1) is 23.7 Å². The fourth-order valence-corrected chi connectivity index (χ4v) is 4.99. The van der Waals surface area contributed by atoms with Crippen LogP contribution >= 0.6 is 23.7 Å². The molecular weight excluding hydrogens is 406 g/mol. The van der Waals surface area contributed by atoms with Crippen LogP contribution < -0.4 is 10.3 Å². The number of rotatable bonds is 6. The molecule has 0 saturated carbocycles. The Labute approximate surface area is 168 Å². The Kier molecular flexibility index (Phi) is 6.94. The number of thiophene rings is 1. The van der Waals surface area contributed by atoms with Crippen molar-refractivity contribution in [1.29, 1.82) is 0 Å². The number of aryl methyl sites for hydroxylation is 2. The molecule has 0 aliphatic heterocycles. The normalized spacial score (nSPS) is 11.2. The average molecular weight is 426 g/mol. The van der Waals surface area contributed by atoms with Crippen LogP contribution in [0.3, 0.4) is 0 Å². The van der Waals surface area contributed by atoms with Crippen LogP contribution in [-0.2, 0) is 23.0 Å². The second kappa shape index (κ2) is 8.79. The van der Waals surface area contributed by atoms with Crippen LogP contribution in [0.2, 0.25) is 0 Å². The van der Waals surface area contributed by atoms with Crippen molar-refractivity contribution in [3.63, 3.8) is 0 Å². The van der Waals surface area contributed by atoms with Crippen molar-refractivity contribution in [2.75, 3.05) is 0 Å². The highest BCUT2D eigenvalue weighted by atomic mass is 35.5. The molecule has 0 bridgehead atoms. The van der Waals surface area contributed by atoms with Gasteiger partial charge in [0.05, 0.1) is 0 Å². The van der Waals surface area contributed by atoms with Crippen LogP contribution in [-0.4, -0.2) is 18.4 Å². The van der Waals surface area contributed by atoms with Gasteiger partial charge in [0, 0.05) is 40.6 Å². The molecule has 2 N–H and O–H groups in total. The largest absolute Gasteiger partial charge is 0.326 e. The molecule has 3 heterocycles. The minimum atomic E-state index is -3.61. The van der Waals surface area contributed by atoms with E-state index in [1.54, 1.807) is 36.7 Å². The summed E-state index contributed by atoms with van der Waals surface area (Å²) < 4.78 is 27.9. The van der Waals surface area contributed by atoms with E-state index in [1.807, 2.05) is 19.9 Å². The van der Waals surface area contributed by atoms with Gasteiger partial charge in [-0.25, -0.2) is 13.1 Å². The molecule has 3 aromatic rings. The topological polar surface area (TPSA) is 91.9 Å². The van der Waals surface area contributed by atoms with E-state index in [9.17, 15) is 13.2 Å². The first-order valence-electron chi connectivity index (χ1n) is 8.12. The first kappa shape index (κ1) is 21.3. The smallest absolute Gasteiger partial charge is 0.251 e. The maximum Gasteiger partial charge on any atom is 0.251 e. The monoisotopic (exact) mass is 425 g/mol. The molecule has 0 atom stereocenters.